The van der Waals surface area contributed by atoms with Crippen LogP contribution in [0.15, 0.2) is 81.7 Å². The summed E-state index contributed by atoms with van der Waals surface area (Å²) in [6, 6.07) is 13.6. The highest BCUT2D eigenvalue weighted by atomic mass is 32.2. The number of carbonyl (C=O) groups excluding carboxylic acids is 1. The Kier molecular flexibility index (Phi) is 12.6. The Labute approximate surface area is 318 Å². The molecule has 0 bridgehead atoms. The third-order valence-corrected chi connectivity index (χ3v) is 11.3. The molecular weight excluding hydrogens is 727 g/mol. The number of piperidine rings is 1. The quantitative estimate of drug-likeness (QED) is 0.0952. The predicted molar refractivity (Wildman–Crippen MR) is 210 cm³/mol. The van der Waals surface area contributed by atoms with Crippen molar-refractivity contribution in [3.63, 3.8) is 0 Å². The molecule has 1 aliphatic heterocycles. The lowest BCUT2D eigenvalue weighted by atomic mass is 10.1. The molecule has 0 unspecified atom stereocenters. The number of allylic oxidation sites excluding steroid dienone is 1. The van der Waals surface area contributed by atoms with Gasteiger partial charge in [0.2, 0.25) is 5.91 Å². The van der Waals surface area contributed by atoms with E-state index in [-0.39, 0.29) is 43.3 Å². The zero-order valence-electron chi connectivity index (χ0n) is 30.2. The first kappa shape index (κ1) is 38.4. The summed E-state index contributed by atoms with van der Waals surface area (Å²) in [5, 5.41) is 10.6. The van der Waals surface area contributed by atoms with Gasteiger partial charge in [-0.3, -0.25) is 14.4 Å². The van der Waals surface area contributed by atoms with Gasteiger partial charge in [0.05, 0.1) is 33.8 Å². The van der Waals surface area contributed by atoms with Crippen LogP contribution in [0.2, 0.25) is 0 Å². The molecule has 0 radical (unpaired) electrons. The fraction of sp³-hybridized carbons (Fsp3) is 0.300. The van der Waals surface area contributed by atoms with Crippen LogP contribution in [0.5, 0.6) is 5.88 Å². The van der Waals surface area contributed by atoms with Gasteiger partial charge in [-0.05, 0) is 83.9 Å². The van der Waals surface area contributed by atoms with Crippen molar-refractivity contribution in [3.05, 3.63) is 104 Å². The second-order valence-electron chi connectivity index (χ2n) is 12.8. The van der Waals surface area contributed by atoms with E-state index in [4.69, 9.17) is 25.2 Å². The van der Waals surface area contributed by atoms with Crippen molar-refractivity contribution in [2.24, 2.45) is 0 Å². The summed E-state index contributed by atoms with van der Waals surface area (Å²) in [6.45, 7) is 10.8. The van der Waals surface area contributed by atoms with Crippen LogP contribution >= 0.6 is 11.3 Å². The van der Waals surface area contributed by atoms with Crippen molar-refractivity contribution in [1.29, 1.82) is 0 Å². The van der Waals surface area contributed by atoms with Gasteiger partial charge in [-0.25, -0.2) is 8.42 Å². The van der Waals surface area contributed by atoms with Crippen molar-refractivity contribution in [1.82, 2.24) is 20.4 Å². The molecule has 1 amide bonds. The summed E-state index contributed by atoms with van der Waals surface area (Å²) < 4.78 is 53.0. The molecule has 0 spiro atoms. The number of aryl methyl sites for hydroxylation is 1. The van der Waals surface area contributed by atoms with Crippen LogP contribution in [-0.4, -0.2) is 68.4 Å². The minimum Gasteiger partial charge on any atom is -0.489 e. The van der Waals surface area contributed by atoms with Crippen LogP contribution in [0.25, 0.3) is 23.2 Å². The first-order chi connectivity index (χ1) is 26.1. The van der Waals surface area contributed by atoms with Gasteiger partial charge in [-0.15, -0.1) is 17.8 Å². The van der Waals surface area contributed by atoms with Crippen LogP contribution in [0.1, 0.15) is 42.2 Å². The lowest BCUT2D eigenvalue weighted by Crippen LogP contribution is -2.37. The summed E-state index contributed by atoms with van der Waals surface area (Å²) in [4.78, 5) is 17.8. The number of ether oxygens (including phenoxy) is 3. The number of fused-ring (bicyclic) bond motifs is 1. The number of aromatic nitrogens is 2. The molecule has 0 aliphatic carbocycles. The molecule has 1 fully saturated rings. The van der Waals surface area contributed by atoms with Gasteiger partial charge in [0.25, 0.3) is 15.9 Å². The summed E-state index contributed by atoms with van der Waals surface area (Å²) >= 11 is 1.64. The van der Waals surface area contributed by atoms with Crippen molar-refractivity contribution in [2.75, 3.05) is 37.6 Å². The lowest BCUT2D eigenvalue weighted by molar-refractivity contribution is -0.126. The van der Waals surface area contributed by atoms with Crippen molar-refractivity contribution < 1.29 is 31.9 Å². The average molecular weight is 770 g/mol. The third kappa shape index (κ3) is 9.61. The van der Waals surface area contributed by atoms with E-state index in [0.717, 1.165) is 58.0 Å². The van der Waals surface area contributed by atoms with Gasteiger partial charge in [-0.1, -0.05) is 36.8 Å². The number of anilines is 1. The first-order valence-electron chi connectivity index (χ1n) is 17.5. The number of rotatable bonds is 16. The second-order valence-corrected chi connectivity index (χ2v) is 15.4. The van der Waals surface area contributed by atoms with Crippen LogP contribution in [0, 0.1) is 19.3 Å². The van der Waals surface area contributed by atoms with Crippen LogP contribution < -0.4 is 24.5 Å². The fourth-order valence-electron chi connectivity index (χ4n) is 6.12. The van der Waals surface area contributed by atoms with E-state index in [1.165, 1.54) is 12.1 Å². The van der Waals surface area contributed by atoms with E-state index < -0.39 is 10.0 Å². The number of terminal acetylenes is 1. The molecule has 14 heteroatoms. The van der Waals surface area contributed by atoms with Gasteiger partial charge < -0.3 is 29.0 Å². The molecule has 12 nitrogen and oxygen atoms in total. The summed E-state index contributed by atoms with van der Waals surface area (Å²) in [6.07, 6.45) is 13.2. The minimum atomic E-state index is -3.88. The maximum atomic E-state index is 13.1. The SMILES string of the molecule is C#Cc1c[nH]c2c(NS(=O)(=O)c3ccc(CNC(=O)COCCOc4cc(CN5CCC(OC(/C=C\C)=c6\sccc6=C)CC5)on4)cc3)ccc(C)c12. The van der Waals surface area contributed by atoms with Crippen LogP contribution in [0.4, 0.5) is 5.69 Å². The van der Waals surface area contributed by atoms with E-state index in [2.05, 4.69) is 37.6 Å². The number of nitrogens with zero attached hydrogens (tertiary/aromatic N) is 2. The highest BCUT2D eigenvalue weighted by Crippen LogP contribution is 2.30. The Morgan fingerprint density at radius 3 is 2.70 bits per heavy atom. The monoisotopic (exact) mass is 769 g/mol. The normalized spacial score (nSPS) is 14.6. The maximum Gasteiger partial charge on any atom is 0.261 e. The third-order valence-electron chi connectivity index (χ3n) is 8.91. The first-order valence-corrected chi connectivity index (χ1v) is 19.9. The van der Waals surface area contributed by atoms with Gasteiger partial charge in [0.15, 0.2) is 5.76 Å². The van der Waals surface area contributed by atoms with E-state index in [0.29, 0.717) is 35.0 Å². The molecule has 6 rings (SSSR count). The van der Waals surface area contributed by atoms with Crippen molar-refractivity contribution in [2.45, 2.75) is 50.8 Å². The zero-order valence-corrected chi connectivity index (χ0v) is 31.9. The number of hydrogen-bond acceptors (Lipinski definition) is 10. The maximum absolute atomic E-state index is 13.1. The topological polar surface area (TPSA) is 148 Å². The molecule has 54 heavy (non-hydrogen) atoms. The Balaban J connectivity index is 0.869. The Hall–Kier alpha value is -5.33. The molecular formula is C40H43N5O7S2. The van der Waals surface area contributed by atoms with Gasteiger partial charge in [0.1, 0.15) is 25.1 Å². The molecule has 1 aliphatic rings. The summed E-state index contributed by atoms with van der Waals surface area (Å²) in [5.74, 6) is 4.24. The van der Waals surface area contributed by atoms with Gasteiger partial charge in [-0.2, -0.15) is 0 Å². The smallest absolute Gasteiger partial charge is 0.261 e. The number of nitrogens with one attached hydrogen (secondary N) is 3. The number of amides is 1. The largest absolute Gasteiger partial charge is 0.489 e. The molecule has 282 valence electrons. The number of hydrogen-bond donors (Lipinski definition) is 3. The number of aromatic amines is 1. The van der Waals surface area contributed by atoms with E-state index in [9.17, 15) is 13.2 Å². The van der Waals surface area contributed by atoms with E-state index in [1.54, 1.807) is 41.8 Å². The molecule has 5 aromatic rings. The fourth-order valence-corrected chi connectivity index (χ4v) is 8.02. The summed E-state index contributed by atoms with van der Waals surface area (Å²) in [7, 11) is -3.88. The zero-order chi connectivity index (χ0) is 38.1. The highest BCUT2D eigenvalue weighted by Gasteiger charge is 2.23. The van der Waals surface area contributed by atoms with Gasteiger partial charge in [0, 0.05) is 42.8 Å². The Bertz CT molecular complexity index is 2360. The molecule has 0 saturated carbocycles. The molecule has 2 aromatic carbocycles. The number of carbonyl (C=O) groups is 1. The average Bonchev–Trinajstić information content (AvgIpc) is 3.93. The minimum absolute atomic E-state index is 0.0828. The molecule has 3 N–H and O–H groups in total. The highest BCUT2D eigenvalue weighted by molar-refractivity contribution is 7.92. The lowest BCUT2D eigenvalue weighted by Gasteiger charge is -2.31. The summed E-state index contributed by atoms with van der Waals surface area (Å²) in [5.41, 5.74) is 3.35. The van der Waals surface area contributed by atoms with E-state index >= 15 is 0 Å². The molecule has 3 aromatic heterocycles. The number of sulfonamides is 1. The Morgan fingerprint density at radius 1 is 1.19 bits per heavy atom. The predicted octanol–water partition coefficient (Wildman–Crippen LogP) is 4.80. The van der Waals surface area contributed by atoms with Crippen LogP contribution in [-0.2, 0) is 37.4 Å². The standard InChI is InChI=1S/C40H43N5O7S2/c1-5-7-35(40-28(4)16-21-53-40)51-31-14-17-45(18-15-31)25-32-22-37(43-52-32)50-20-19-49-26-36(46)41-23-29-9-11-33(12-10-29)54(47,48)44-34-13-8-27(3)38-30(6-2)24-42-39(34)38/h2,5,7-13,16,21-22,24,31,42,44H,4,14-15,17-20,23,25-26H2,1,3H3,(H,41,46)/b7-5-,40-35-. The van der Waals surface area contributed by atoms with Crippen LogP contribution in [0.3, 0.4) is 0 Å². The number of benzene rings is 2. The van der Waals surface area contributed by atoms with E-state index in [1.807, 2.05) is 43.5 Å². The second kappa shape index (κ2) is 17.7. The van der Waals surface area contributed by atoms with Crippen molar-refractivity contribution >= 4 is 56.2 Å². The molecule has 0 atom stereocenters. The Morgan fingerprint density at radius 2 is 1.98 bits per heavy atom. The van der Waals surface area contributed by atoms with Crippen molar-refractivity contribution in [3.8, 4) is 18.2 Å². The van der Waals surface area contributed by atoms with Gasteiger partial charge >= 0.3 is 0 Å². The number of likely N-dealkylation sites (tertiary alicyclic amines) is 1. The number of thiophene rings is 1. The number of H-pyrrole nitrogens is 1. The molecule has 1 saturated heterocycles. The molecule has 4 heterocycles.